The molecule has 1 aromatic rings. The van der Waals surface area contributed by atoms with Gasteiger partial charge in [0.1, 0.15) is 0 Å². The second-order valence-electron chi connectivity index (χ2n) is 6.20. The zero-order valence-electron chi connectivity index (χ0n) is 12.2. The molecule has 106 valence electrons. The Morgan fingerprint density at radius 2 is 1.89 bits per heavy atom. The highest BCUT2D eigenvalue weighted by atomic mass is 15.3. The summed E-state index contributed by atoms with van der Waals surface area (Å²) in [5.41, 5.74) is 3.02. The van der Waals surface area contributed by atoms with Crippen molar-refractivity contribution in [3.63, 3.8) is 0 Å². The van der Waals surface area contributed by atoms with Crippen LogP contribution in [-0.2, 0) is 6.54 Å². The van der Waals surface area contributed by atoms with Crippen LogP contribution in [0.3, 0.4) is 0 Å². The van der Waals surface area contributed by atoms with Crippen molar-refractivity contribution in [1.82, 2.24) is 15.1 Å². The third kappa shape index (κ3) is 3.02. The van der Waals surface area contributed by atoms with E-state index in [1.807, 2.05) is 0 Å². The minimum atomic E-state index is 0.675. The first kappa shape index (κ1) is 13.2. The summed E-state index contributed by atoms with van der Waals surface area (Å²) in [5.74, 6) is 0.805. The molecule has 3 nitrogen and oxygen atoms in total. The van der Waals surface area contributed by atoms with E-state index in [-0.39, 0.29) is 0 Å². The average molecular weight is 261 g/mol. The molecule has 0 radical (unpaired) electrons. The topological polar surface area (TPSA) is 29.9 Å². The van der Waals surface area contributed by atoms with Crippen LogP contribution in [0, 0.1) is 0 Å². The molecule has 1 heterocycles. The Labute approximate surface area is 116 Å². The van der Waals surface area contributed by atoms with Crippen molar-refractivity contribution in [2.75, 3.05) is 6.54 Å². The van der Waals surface area contributed by atoms with E-state index < -0.39 is 0 Å². The van der Waals surface area contributed by atoms with Gasteiger partial charge in [0.15, 0.2) is 0 Å². The minimum Gasteiger partial charge on any atom is -0.313 e. The van der Waals surface area contributed by atoms with Crippen molar-refractivity contribution >= 4 is 0 Å². The van der Waals surface area contributed by atoms with Gasteiger partial charge in [-0.05, 0) is 32.2 Å². The first-order valence-electron chi connectivity index (χ1n) is 8.17. The molecule has 3 heteroatoms. The van der Waals surface area contributed by atoms with E-state index in [0.29, 0.717) is 6.04 Å². The Kier molecular flexibility index (Phi) is 4.21. The fourth-order valence-electron chi connectivity index (χ4n) is 3.40. The molecule has 19 heavy (non-hydrogen) atoms. The summed E-state index contributed by atoms with van der Waals surface area (Å²) in [6.45, 7) is 4.21. The molecule has 2 aliphatic carbocycles. The van der Waals surface area contributed by atoms with Crippen molar-refractivity contribution in [2.45, 2.75) is 76.8 Å². The lowest BCUT2D eigenvalue weighted by molar-refractivity contribution is 0.392. The van der Waals surface area contributed by atoms with Gasteiger partial charge in [-0.15, -0.1) is 0 Å². The van der Waals surface area contributed by atoms with Crippen molar-refractivity contribution in [1.29, 1.82) is 0 Å². The molecule has 0 unspecified atom stereocenters. The summed E-state index contributed by atoms with van der Waals surface area (Å²) in [6, 6.07) is 0.675. The minimum absolute atomic E-state index is 0.675. The van der Waals surface area contributed by atoms with Crippen LogP contribution in [0.5, 0.6) is 0 Å². The van der Waals surface area contributed by atoms with Gasteiger partial charge in [-0.2, -0.15) is 5.10 Å². The number of aromatic nitrogens is 2. The summed E-state index contributed by atoms with van der Waals surface area (Å²) in [5, 5.41) is 8.24. The van der Waals surface area contributed by atoms with E-state index in [1.165, 1.54) is 56.9 Å². The summed E-state index contributed by atoms with van der Waals surface area (Å²) in [4.78, 5) is 0. The van der Waals surface area contributed by atoms with Crippen LogP contribution in [0.2, 0.25) is 0 Å². The molecule has 0 spiro atoms. The normalized spacial score (nSPS) is 21.5. The van der Waals surface area contributed by atoms with Crippen molar-refractivity contribution in [3.05, 3.63) is 17.5 Å². The predicted molar refractivity (Wildman–Crippen MR) is 78.3 cm³/mol. The maximum Gasteiger partial charge on any atom is 0.0537 e. The second-order valence-corrected chi connectivity index (χ2v) is 6.20. The molecule has 2 fully saturated rings. The predicted octanol–water partition coefficient (Wildman–Crippen LogP) is 3.77. The third-order valence-corrected chi connectivity index (χ3v) is 4.61. The SMILES string of the molecule is CCNCc1cnn(C2CCCCCC2)c1C1CC1. The maximum atomic E-state index is 4.77. The standard InChI is InChI=1S/C16H27N3/c1-2-17-11-14-12-18-19(16(14)13-9-10-13)15-7-5-3-4-6-8-15/h12-13,15,17H,2-11H2,1H3. The molecule has 1 N–H and O–H groups in total. The van der Waals surface area contributed by atoms with Crippen LogP contribution in [0.1, 0.15) is 81.5 Å². The molecule has 0 amide bonds. The van der Waals surface area contributed by atoms with Crippen molar-refractivity contribution < 1.29 is 0 Å². The van der Waals surface area contributed by atoms with Gasteiger partial charge < -0.3 is 5.32 Å². The Balaban J connectivity index is 1.81. The van der Waals surface area contributed by atoms with Crippen LogP contribution >= 0.6 is 0 Å². The zero-order valence-corrected chi connectivity index (χ0v) is 12.2. The lowest BCUT2D eigenvalue weighted by Gasteiger charge is -2.19. The number of hydrogen-bond acceptors (Lipinski definition) is 2. The van der Waals surface area contributed by atoms with Crippen LogP contribution in [-0.4, -0.2) is 16.3 Å². The highest BCUT2D eigenvalue weighted by molar-refractivity contribution is 5.26. The summed E-state index contributed by atoms with van der Waals surface area (Å²) >= 11 is 0. The number of nitrogens with one attached hydrogen (secondary N) is 1. The lowest BCUT2D eigenvalue weighted by Crippen LogP contribution is -2.16. The molecule has 2 aliphatic rings. The molecule has 0 aromatic carbocycles. The van der Waals surface area contributed by atoms with Gasteiger partial charge in [0.05, 0.1) is 12.2 Å². The van der Waals surface area contributed by atoms with Crippen molar-refractivity contribution in [3.8, 4) is 0 Å². The fourth-order valence-corrected chi connectivity index (χ4v) is 3.40. The number of hydrogen-bond donors (Lipinski definition) is 1. The highest BCUT2D eigenvalue weighted by Gasteiger charge is 2.32. The van der Waals surface area contributed by atoms with E-state index in [9.17, 15) is 0 Å². The molecule has 0 saturated heterocycles. The first-order chi connectivity index (χ1) is 9.40. The average Bonchev–Trinajstić information content (AvgIpc) is 3.22. The lowest BCUT2D eigenvalue weighted by atomic mass is 10.1. The van der Waals surface area contributed by atoms with E-state index in [4.69, 9.17) is 5.10 Å². The quantitative estimate of drug-likeness (QED) is 0.818. The molecule has 0 bridgehead atoms. The van der Waals surface area contributed by atoms with Crippen LogP contribution in [0.25, 0.3) is 0 Å². The molecule has 1 aromatic heterocycles. The molecular weight excluding hydrogens is 234 g/mol. The smallest absolute Gasteiger partial charge is 0.0537 e. The fraction of sp³-hybridized carbons (Fsp3) is 0.812. The largest absolute Gasteiger partial charge is 0.313 e. The molecular formula is C16H27N3. The van der Waals surface area contributed by atoms with Gasteiger partial charge >= 0.3 is 0 Å². The summed E-state index contributed by atoms with van der Waals surface area (Å²) < 4.78 is 2.41. The number of nitrogens with zero attached hydrogens (tertiary/aromatic N) is 2. The molecule has 0 aliphatic heterocycles. The van der Waals surface area contributed by atoms with Gasteiger partial charge in [0, 0.05) is 23.7 Å². The molecule has 0 atom stereocenters. The zero-order chi connectivity index (χ0) is 13.1. The second kappa shape index (κ2) is 6.08. The van der Waals surface area contributed by atoms with Crippen LogP contribution in [0.15, 0.2) is 6.20 Å². The van der Waals surface area contributed by atoms with Crippen LogP contribution in [0.4, 0.5) is 0 Å². The highest BCUT2D eigenvalue weighted by Crippen LogP contribution is 2.43. The Morgan fingerprint density at radius 1 is 1.16 bits per heavy atom. The summed E-state index contributed by atoms with van der Waals surface area (Å²) in [6.07, 6.45) is 13.1. The molecule has 3 rings (SSSR count). The van der Waals surface area contributed by atoms with Gasteiger partial charge in [0.25, 0.3) is 0 Å². The first-order valence-corrected chi connectivity index (χ1v) is 8.17. The van der Waals surface area contributed by atoms with Crippen LogP contribution < -0.4 is 5.32 Å². The van der Waals surface area contributed by atoms with Gasteiger partial charge in [0.2, 0.25) is 0 Å². The Hall–Kier alpha value is -0.830. The van der Waals surface area contributed by atoms with Crippen molar-refractivity contribution in [2.24, 2.45) is 0 Å². The van der Waals surface area contributed by atoms with Gasteiger partial charge in [-0.3, -0.25) is 4.68 Å². The Bertz CT molecular complexity index is 398. The van der Waals surface area contributed by atoms with E-state index in [0.717, 1.165) is 19.0 Å². The number of rotatable bonds is 5. The molecule has 2 saturated carbocycles. The Morgan fingerprint density at radius 3 is 2.53 bits per heavy atom. The third-order valence-electron chi connectivity index (χ3n) is 4.61. The van der Waals surface area contributed by atoms with E-state index in [2.05, 4.69) is 23.1 Å². The summed E-state index contributed by atoms with van der Waals surface area (Å²) in [7, 11) is 0. The maximum absolute atomic E-state index is 4.77. The van der Waals surface area contributed by atoms with Gasteiger partial charge in [-0.25, -0.2) is 0 Å². The van der Waals surface area contributed by atoms with E-state index >= 15 is 0 Å². The monoisotopic (exact) mass is 261 g/mol. The van der Waals surface area contributed by atoms with E-state index in [1.54, 1.807) is 5.69 Å². The van der Waals surface area contributed by atoms with Gasteiger partial charge in [-0.1, -0.05) is 32.6 Å².